The Morgan fingerprint density at radius 2 is 2.00 bits per heavy atom. The van der Waals surface area contributed by atoms with Gasteiger partial charge < -0.3 is 9.90 Å². The van der Waals surface area contributed by atoms with E-state index in [4.69, 9.17) is 0 Å². The van der Waals surface area contributed by atoms with Crippen molar-refractivity contribution in [3.05, 3.63) is 23.3 Å². The first-order valence-electron chi connectivity index (χ1n) is 8.91. The minimum atomic E-state index is -0.838. The summed E-state index contributed by atoms with van der Waals surface area (Å²) >= 11 is 0. The largest absolute Gasteiger partial charge is 1.00 e. The van der Waals surface area contributed by atoms with E-state index in [9.17, 15) is 9.90 Å². The van der Waals surface area contributed by atoms with Crippen LogP contribution in [-0.2, 0) is 21.9 Å². The second-order valence-electron chi connectivity index (χ2n) is 8.52. The average molecular weight is 365 g/mol. The van der Waals surface area contributed by atoms with Crippen LogP contribution in [0.5, 0.6) is 0 Å². The zero-order chi connectivity index (χ0) is 16.1. The molecule has 132 valence electrons. The van der Waals surface area contributed by atoms with Crippen LogP contribution in [0.2, 0.25) is 0 Å². The van der Waals surface area contributed by atoms with E-state index >= 15 is 0 Å². The van der Waals surface area contributed by atoms with Gasteiger partial charge in [0, 0.05) is 11.4 Å². The molecule has 0 aromatic carbocycles. The van der Waals surface area contributed by atoms with Gasteiger partial charge in [0.15, 0.2) is 0 Å². The SMILES string of the molecule is CC(C)C1=CC2=CCC3[C@](C)(C(=O)[O-])CCC[C@]3(C)[C@H]2CC1.[Cu+]. The van der Waals surface area contributed by atoms with Gasteiger partial charge in [0.25, 0.3) is 0 Å². The first-order chi connectivity index (χ1) is 10.3. The third-order valence-electron chi connectivity index (χ3n) is 7.05. The molecule has 3 aliphatic carbocycles. The van der Waals surface area contributed by atoms with E-state index in [0.717, 1.165) is 25.7 Å². The summed E-state index contributed by atoms with van der Waals surface area (Å²) in [6.45, 7) is 8.83. The van der Waals surface area contributed by atoms with E-state index in [-0.39, 0.29) is 28.4 Å². The molecule has 2 nitrogen and oxygen atoms in total. The first kappa shape index (κ1) is 18.8. The minimum Gasteiger partial charge on any atom is -0.550 e. The smallest absolute Gasteiger partial charge is 0.550 e. The monoisotopic (exact) mass is 364 g/mol. The average Bonchev–Trinajstić information content (AvgIpc) is 2.46. The maximum absolute atomic E-state index is 11.8. The Balaban J connectivity index is 0.00000192. The fourth-order valence-electron chi connectivity index (χ4n) is 5.59. The molecule has 3 heteroatoms. The van der Waals surface area contributed by atoms with Crippen molar-refractivity contribution in [3.63, 3.8) is 0 Å². The molecule has 0 aromatic rings. The number of rotatable bonds is 2. The number of carbonyl (C=O) groups excluding carboxylic acids is 1. The van der Waals surface area contributed by atoms with Crippen molar-refractivity contribution in [2.45, 2.75) is 66.2 Å². The molecule has 3 aliphatic rings. The summed E-state index contributed by atoms with van der Waals surface area (Å²) in [5.74, 6) is 0.538. The predicted molar refractivity (Wildman–Crippen MR) is 86.9 cm³/mol. The van der Waals surface area contributed by atoms with Crippen molar-refractivity contribution in [1.82, 2.24) is 0 Å². The molecule has 0 radical (unpaired) electrons. The quantitative estimate of drug-likeness (QED) is 0.698. The van der Waals surface area contributed by atoms with Gasteiger partial charge in [-0.05, 0) is 60.8 Å². The summed E-state index contributed by atoms with van der Waals surface area (Å²) in [5, 5.41) is 11.8. The van der Waals surface area contributed by atoms with Gasteiger partial charge in [0.05, 0.1) is 0 Å². The molecule has 0 amide bonds. The summed E-state index contributed by atoms with van der Waals surface area (Å²) in [5.41, 5.74) is 2.51. The van der Waals surface area contributed by atoms with Gasteiger partial charge in [-0.1, -0.05) is 51.8 Å². The van der Waals surface area contributed by atoms with E-state index in [1.807, 2.05) is 6.92 Å². The Bertz CT molecular complexity index is 548. The Morgan fingerprint density at radius 3 is 2.61 bits per heavy atom. The molecule has 4 atom stereocenters. The molecule has 0 aliphatic heterocycles. The van der Waals surface area contributed by atoms with Gasteiger partial charge in [0.1, 0.15) is 0 Å². The molecule has 1 fully saturated rings. The number of carboxylic acids is 1. The van der Waals surface area contributed by atoms with Crippen LogP contribution in [0, 0.1) is 28.6 Å². The van der Waals surface area contributed by atoms with Crippen LogP contribution in [0.15, 0.2) is 23.3 Å². The third kappa shape index (κ3) is 2.85. The van der Waals surface area contributed by atoms with Crippen molar-refractivity contribution in [1.29, 1.82) is 0 Å². The zero-order valence-corrected chi connectivity index (χ0v) is 15.7. The molecule has 0 saturated heterocycles. The molecule has 0 bridgehead atoms. The Kier molecular flexibility index (Phi) is 5.24. The zero-order valence-electron chi connectivity index (χ0n) is 14.7. The summed E-state index contributed by atoms with van der Waals surface area (Å²) in [4.78, 5) is 11.8. The molecule has 23 heavy (non-hydrogen) atoms. The molecule has 1 unspecified atom stereocenters. The molecule has 0 heterocycles. The standard InChI is InChI=1S/C20H30O2.Cu/c1-13(2)14-6-8-16-15(12-14)7-9-17-19(16,3)10-5-11-20(17,4)18(21)22;/h7,12-13,16-17H,5-6,8-11H2,1-4H3,(H,21,22);/q;+1/p-1/t16-,17?,19+,20+;/m0./s1. The van der Waals surface area contributed by atoms with Gasteiger partial charge in [-0.2, -0.15) is 0 Å². The van der Waals surface area contributed by atoms with Crippen molar-refractivity contribution in [3.8, 4) is 0 Å². The van der Waals surface area contributed by atoms with Crippen molar-refractivity contribution in [2.24, 2.45) is 28.6 Å². The maximum Gasteiger partial charge on any atom is 1.00 e. The first-order valence-corrected chi connectivity index (χ1v) is 8.91. The van der Waals surface area contributed by atoms with Crippen LogP contribution >= 0.6 is 0 Å². The van der Waals surface area contributed by atoms with Gasteiger partial charge >= 0.3 is 17.1 Å². The molecule has 0 N–H and O–H groups in total. The fraction of sp³-hybridized carbons (Fsp3) is 0.750. The number of carbonyl (C=O) groups is 1. The van der Waals surface area contributed by atoms with Crippen LogP contribution in [-0.4, -0.2) is 5.97 Å². The number of aliphatic carboxylic acids is 1. The maximum atomic E-state index is 11.8. The molecule has 0 spiro atoms. The minimum absolute atomic E-state index is 0. The number of carboxylic acid groups (broad SMARTS) is 1. The predicted octanol–water partition coefficient (Wildman–Crippen LogP) is 3.87. The van der Waals surface area contributed by atoms with E-state index in [0.29, 0.717) is 11.8 Å². The van der Waals surface area contributed by atoms with Gasteiger partial charge in [-0.15, -0.1) is 0 Å². The van der Waals surface area contributed by atoms with Gasteiger partial charge in [-0.25, -0.2) is 0 Å². The third-order valence-corrected chi connectivity index (χ3v) is 7.05. The van der Waals surface area contributed by atoms with Crippen molar-refractivity contribution in [2.75, 3.05) is 0 Å². The van der Waals surface area contributed by atoms with Crippen molar-refractivity contribution >= 4 is 5.97 Å². The normalized spacial score (nSPS) is 39.5. The summed E-state index contributed by atoms with van der Waals surface area (Å²) in [7, 11) is 0. The molecule has 0 aromatic heterocycles. The number of hydrogen-bond donors (Lipinski definition) is 0. The Morgan fingerprint density at radius 1 is 1.30 bits per heavy atom. The summed E-state index contributed by atoms with van der Waals surface area (Å²) in [6.07, 6.45) is 11.0. The molecule has 1 saturated carbocycles. The van der Waals surface area contributed by atoms with Crippen LogP contribution in [0.1, 0.15) is 66.2 Å². The van der Waals surface area contributed by atoms with Crippen molar-refractivity contribution < 1.29 is 27.0 Å². The van der Waals surface area contributed by atoms with Gasteiger partial charge in [0.2, 0.25) is 0 Å². The van der Waals surface area contributed by atoms with Crippen LogP contribution in [0.25, 0.3) is 0 Å². The van der Waals surface area contributed by atoms with E-state index < -0.39 is 11.4 Å². The van der Waals surface area contributed by atoms with Crippen LogP contribution < -0.4 is 5.11 Å². The van der Waals surface area contributed by atoms with Crippen LogP contribution in [0.4, 0.5) is 0 Å². The second kappa shape index (κ2) is 6.41. The second-order valence-corrected chi connectivity index (χ2v) is 8.52. The number of allylic oxidation sites excluding steroid dienone is 4. The number of fused-ring (bicyclic) bond motifs is 3. The summed E-state index contributed by atoms with van der Waals surface area (Å²) in [6, 6.07) is 0. The number of hydrogen-bond acceptors (Lipinski definition) is 2. The summed E-state index contributed by atoms with van der Waals surface area (Å²) < 4.78 is 0. The Labute approximate surface area is 151 Å². The van der Waals surface area contributed by atoms with E-state index in [1.54, 1.807) is 5.57 Å². The fourth-order valence-corrected chi connectivity index (χ4v) is 5.59. The topological polar surface area (TPSA) is 40.1 Å². The molecular formula is C20H29CuO2. The van der Waals surface area contributed by atoms with E-state index in [2.05, 4.69) is 32.9 Å². The molecular weight excluding hydrogens is 336 g/mol. The van der Waals surface area contributed by atoms with Gasteiger partial charge in [-0.3, -0.25) is 0 Å². The Hall–Kier alpha value is -0.531. The van der Waals surface area contributed by atoms with E-state index in [1.165, 1.54) is 18.4 Å². The molecule has 3 rings (SSSR count). The van der Waals surface area contributed by atoms with Crippen LogP contribution in [0.3, 0.4) is 0 Å².